The molecule has 3 nitrogen and oxygen atoms in total. The minimum atomic E-state index is -4.65. The average Bonchev–Trinajstić information content (AvgIpc) is 3.06. The molecular weight excluding hydrogens is 377 g/mol. The Labute approximate surface area is 169 Å². The smallest absolute Gasteiger partial charge is 0.406 e. The zero-order chi connectivity index (χ0) is 20.4. The third-order valence-electron chi connectivity index (χ3n) is 5.95. The maximum absolute atomic E-state index is 12.3. The maximum atomic E-state index is 12.3. The number of rotatable bonds is 5. The van der Waals surface area contributed by atoms with Gasteiger partial charge in [-0.15, -0.1) is 13.2 Å². The molecule has 0 aliphatic carbocycles. The summed E-state index contributed by atoms with van der Waals surface area (Å²) in [6.07, 6.45) is -1.01. The summed E-state index contributed by atoms with van der Waals surface area (Å²) >= 11 is 0. The van der Waals surface area contributed by atoms with E-state index in [1.54, 1.807) is 12.1 Å². The molecule has 2 aromatic rings. The Morgan fingerprint density at radius 3 is 2.45 bits per heavy atom. The summed E-state index contributed by atoms with van der Waals surface area (Å²) in [7, 11) is 0. The van der Waals surface area contributed by atoms with Crippen molar-refractivity contribution >= 4 is 0 Å². The summed E-state index contributed by atoms with van der Waals surface area (Å²) in [5.74, 6) is 0.591. The van der Waals surface area contributed by atoms with Gasteiger partial charge < -0.3 is 10.1 Å². The quantitative estimate of drug-likeness (QED) is 0.763. The van der Waals surface area contributed by atoms with Gasteiger partial charge in [0.15, 0.2) is 0 Å². The molecule has 2 aliphatic rings. The molecule has 1 N–H and O–H groups in total. The summed E-state index contributed by atoms with van der Waals surface area (Å²) in [5.41, 5.74) is 6.56. The van der Waals surface area contributed by atoms with Crippen molar-refractivity contribution in [1.82, 2.24) is 10.2 Å². The Bertz CT molecular complexity index is 842. The second-order valence-electron chi connectivity index (χ2n) is 8.28. The predicted molar refractivity (Wildman–Crippen MR) is 107 cm³/mol. The van der Waals surface area contributed by atoms with Crippen LogP contribution in [0.4, 0.5) is 13.2 Å². The minimum Gasteiger partial charge on any atom is -0.406 e. The van der Waals surface area contributed by atoms with Gasteiger partial charge in [-0.2, -0.15) is 0 Å². The Morgan fingerprint density at radius 2 is 1.76 bits per heavy atom. The van der Waals surface area contributed by atoms with Crippen LogP contribution in [0.25, 0.3) is 0 Å². The van der Waals surface area contributed by atoms with Gasteiger partial charge in [0.05, 0.1) is 0 Å². The zero-order valence-corrected chi connectivity index (χ0v) is 16.7. The molecule has 0 bridgehead atoms. The van der Waals surface area contributed by atoms with Crippen LogP contribution in [0.3, 0.4) is 0 Å². The molecule has 156 valence electrons. The Kier molecular flexibility index (Phi) is 5.83. The fourth-order valence-electron chi connectivity index (χ4n) is 4.56. The number of hydrogen-bond acceptors (Lipinski definition) is 3. The van der Waals surface area contributed by atoms with Crippen molar-refractivity contribution in [2.24, 2.45) is 5.92 Å². The number of hydrogen-bond donors (Lipinski definition) is 1. The third-order valence-corrected chi connectivity index (χ3v) is 5.95. The lowest BCUT2D eigenvalue weighted by Gasteiger charge is -2.23. The van der Waals surface area contributed by atoms with E-state index < -0.39 is 6.36 Å². The first-order valence-electron chi connectivity index (χ1n) is 10.2. The first kappa shape index (κ1) is 20.2. The van der Waals surface area contributed by atoms with Crippen LogP contribution in [0.5, 0.6) is 5.75 Å². The van der Waals surface area contributed by atoms with E-state index in [0.29, 0.717) is 6.54 Å². The number of ether oxygens (including phenoxy) is 1. The van der Waals surface area contributed by atoms with Gasteiger partial charge in [-0.05, 0) is 85.1 Å². The van der Waals surface area contributed by atoms with Crippen LogP contribution in [-0.4, -0.2) is 24.4 Å². The number of benzene rings is 2. The van der Waals surface area contributed by atoms with E-state index in [1.165, 1.54) is 47.2 Å². The fourth-order valence-corrected chi connectivity index (χ4v) is 4.56. The van der Waals surface area contributed by atoms with Gasteiger partial charge in [0.25, 0.3) is 0 Å². The number of alkyl halides is 3. The molecule has 0 unspecified atom stereocenters. The third kappa shape index (κ3) is 5.31. The number of nitrogens with one attached hydrogen (secondary N) is 1. The monoisotopic (exact) mass is 404 g/mol. The lowest BCUT2D eigenvalue weighted by Crippen LogP contribution is -2.28. The van der Waals surface area contributed by atoms with Gasteiger partial charge in [0.1, 0.15) is 5.75 Å². The highest BCUT2D eigenvalue weighted by atomic mass is 19.4. The van der Waals surface area contributed by atoms with Crippen LogP contribution in [0.15, 0.2) is 36.4 Å². The van der Waals surface area contributed by atoms with Crippen LogP contribution in [0.2, 0.25) is 0 Å². The molecule has 1 fully saturated rings. The Hall–Kier alpha value is -2.05. The van der Waals surface area contributed by atoms with Gasteiger partial charge in [-0.25, -0.2) is 0 Å². The number of aryl methyl sites for hydroxylation is 1. The predicted octanol–water partition coefficient (Wildman–Crippen LogP) is 4.95. The van der Waals surface area contributed by atoms with Crippen molar-refractivity contribution in [1.29, 1.82) is 0 Å². The summed E-state index contributed by atoms with van der Waals surface area (Å²) in [6, 6.07) is 10.9. The van der Waals surface area contributed by atoms with Crippen LogP contribution in [0.1, 0.15) is 40.7 Å². The van der Waals surface area contributed by atoms with Crippen molar-refractivity contribution in [3.63, 3.8) is 0 Å². The number of fused-ring (bicyclic) bond motifs is 1. The fraction of sp³-hybridized carbons (Fsp3) is 0.478. The molecule has 2 aromatic carbocycles. The topological polar surface area (TPSA) is 24.5 Å². The highest BCUT2D eigenvalue weighted by molar-refractivity contribution is 5.41. The van der Waals surface area contributed by atoms with Crippen molar-refractivity contribution < 1.29 is 17.9 Å². The Morgan fingerprint density at radius 1 is 1.03 bits per heavy atom. The van der Waals surface area contributed by atoms with E-state index in [4.69, 9.17) is 0 Å². The standard InChI is InChI=1S/C23H27F3N2O/c1-16-10-19(11-17-6-8-27-9-7-17)12-20-14-28(15-22(16)20)13-18-2-4-21(5-3-18)29-23(24,25)26/h2-5,10,12,17,27H,6-9,11,13-15H2,1H3. The summed E-state index contributed by atoms with van der Waals surface area (Å²) in [4.78, 5) is 2.34. The molecule has 4 rings (SSSR count). The second-order valence-corrected chi connectivity index (χ2v) is 8.28. The van der Waals surface area contributed by atoms with E-state index in [9.17, 15) is 13.2 Å². The number of nitrogens with zero attached hydrogens (tertiary/aromatic N) is 1. The minimum absolute atomic E-state index is 0.177. The van der Waals surface area contributed by atoms with E-state index in [1.807, 2.05) is 0 Å². The van der Waals surface area contributed by atoms with Gasteiger partial charge in [-0.3, -0.25) is 4.90 Å². The van der Waals surface area contributed by atoms with Gasteiger partial charge in [-0.1, -0.05) is 24.3 Å². The SMILES string of the molecule is Cc1cc(CC2CCNCC2)cc2c1CN(Cc1ccc(OC(F)(F)F)cc1)C2. The largest absolute Gasteiger partial charge is 0.573 e. The van der Waals surface area contributed by atoms with E-state index in [0.717, 1.165) is 44.1 Å². The van der Waals surface area contributed by atoms with Crippen LogP contribution in [0, 0.1) is 12.8 Å². The molecule has 6 heteroatoms. The summed E-state index contributed by atoms with van der Waals surface area (Å²) in [6.45, 7) is 6.92. The van der Waals surface area contributed by atoms with E-state index >= 15 is 0 Å². The summed E-state index contributed by atoms with van der Waals surface area (Å²) < 4.78 is 40.9. The van der Waals surface area contributed by atoms with Crippen LogP contribution < -0.4 is 10.1 Å². The van der Waals surface area contributed by atoms with E-state index in [2.05, 4.69) is 34.0 Å². The normalized spacial score (nSPS) is 18.1. The molecule has 0 saturated carbocycles. The molecule has 0 atom stereocenters. The lowest BCUT2D eigenvalue weighted by atomic mass is 9.89. The molecule has 1 saturated heterocycles. The van der Waals surface area contributed by atoms with Crippen molar-refractivity contribution in [3.8, 4) is 5.75 Å². The van der Waals surface area contributed by atoms with Gasteiger partial charge in [0.2, 0.25) is 0 Å². The number of halogens is 3. The van der Waals surface area contributed by atoms with Crippen LogP contribution in [-0.2, 0) is 26.1 Å². The summed E-state index contributed by atoms with van der Waals surface area (Å²) in [5, 5.41) is 3.43. The van der Waals surface area contributed by atoms with Crippen molar-refractivity contribution in [3.05, 3.63) is 64.2 Å². The molecule has 0 spiro atoms. The molecule has 29 heavy (non-hydrogen) atoms. The number of piperidine rings is 1. The van der Waals surface area contributed by atoms with Gasteiger partial charge in [0, 0.05) is 19.6 Å². The highest BCUT2D eigenvalue weighted by Crippen LogP contribution is 2.31. The first-order chi connectivity index (χ1) is 13.9. The second kappa shape index (κ2) is 8.36. The zero-order valence-electron chi connectivity index (χ0n) is 16.7. The molecule has 2 heterocycles. The molecule has 2 aliphatic heterocycles. The average molecular weight is 404 g/mol. The molecule has 0 radical (unpaired) electrons. The lowest BCUT2D eigenvalue weighted by molar-refractivity contribution is -0.274. The van der Waals surface area contributed by atoms with Gasteiger partial charge >= 0.3 is 6.36 Å². The van der Waals surface area contributed by atoms with E-state index in [-0.39, 0.29) is 5.75 Å². The molecular formula is C23H27F3N2O. The Balaban J connectivity index is 1.39. The maximum Gasteiger partial charge on any atom is 0.573 e. The molecule has 0 amide bonds. The highest BCUT2D eigenvalue weighted by Gasteiger charge is 2.31. The molecule has 0 aromatic heterocycles. The first-order valence-corrected chi connectivity index (χ1v) is 10.2. The van der Waals surface area contributed by atoms with Crippen LogP contribution >= 0.6 is 0 Å². The van der Waals surface area contributed by atoms with Crippen molar-refractivity contribution in [2.75, 3.05) is 13.1 Å². The van der Waals surface area contributed by atoms with Crippen molar-refractivity contribution in [2.45, 2.75) is 52.2 Å².